The summed E-state index contributed by atoms with van der Waals surface area (Å²) in [5.41, 5.74) is 2.13. The van der Waals surface area contributed by atoms with Crippen LogP contribution in [-0.4, -0.2) is 66.2 Å². The Morgan fingerprint density at radius 2 is 1.94 bits per heavy atom. The average molecular weight is 480 g/mol. The van der Waals surface area contributed by atoms with Gasteiger partial charge in [-0.25, -0.2) is 4.99 Å². The molecule has 178 valence electrons. The molecule has 0 N–H and O–H groups in total. The fourth-order valence-corrected chi connectivity index (χ4v) is 4.77. The lowest BCUT2D eigenvalue weighted by Crippen LogP contribution is -2.40. The van der Waals surface area contributed by atoms with Crippen LogP contribution in [0.3, 0.4) is 0 Å². The van der Waals surface area contributed by atoms with Crippen molar-refractivity contribution in [3.63, 3.8) is 0 Å². The van der Waals surface area contributed by atoms with Gasteiger partial charge in [0.2, 0.25) is 0 Å². The predicted octanol–water partition coefficient (Wildman–Crippen LogP) is 4.57. The van der Waals surface area contributed by atoms with E-state index in [1.54, 1.807) is 21.9 Å². The Kier molecular flexibility index (Phi) is 8.03. The maximum atomic E-state index is 13.0. The third-order valence-electron chi connectivity index (χ3n) is 5.45. The fraction of sp³-hybridized carbons (Fsp3) is 0.346. The van der Waals surface area contributed by atoms with Crippen LogP contribution < -0.4 is 4.74 Å². The molecular weight excluding hydrogens is 450 g/mol. The number of hydrogen-bond donors (Lipinski definition) is 0. The van der Waals surface area contributed by atoms with Gasteiger partial charge in [0.05, 0.1) is 30.4 Å². The molecule has 2 amide bonds. The molecule has 2 fully saturated rings. The minimum Gasteiger partial charge on any atom is -0.494 e. The van der Waals surface area contributed by atoms with Gasteiger partial charge in [0.1, 0.15) is 5.75 Å². The van der Waals surface area contributed by atoms with Gasteiger partial charge in [-0.3, -0.25) is 14.5 Å². The van der Waals surface area contributed by atoms with E-state index < -0.39 is 0 Å². The number of rotatable bonds is 7. The Labute approximate surface area is 204 Å². The molecule has 34 heavy (non-hydrogen) atoms. The number of ether oxygens (including phenoxy) is 2. The summed E-state index contributed by atoms with van der Waals surface area (Å²) in [6, 6.07) is 15.0. The molecule has 0 bridgehead atoms. The van der Waals surface area contributed by atoms with Gasteiger partial charge in [0.15, 0.2) is 5.17 Å². The summed E-state index contributed by atoms with van der Waals surface area (Å²) in [4.78, 5) is 34.7. The first kappa shape index (κ1) is 24.0. The van der Waals surface area contributed by atoms with Crippen LogP contribution in [0.4, 0.5) is 5.69 Å². The van der Waals surface area contributed by atoms with E-state index in [0.29, 0.717) is 60.8 Å². The van der Waals surface area contributed by atoms with Crippen molar-refractivity contribution in [2.75, 3.05) is 39.5 Å². The van der Waals surface area contributed by atoms with Crippen molar-refractivity contribution in [2.24, 2.45) is 4.99 Å². The SMILES string of the molecule is CCCOc1cccc(/C=C2/SC(=Nc3cccc(C(=O)N4CCOCC4)c3)N(CC)C2=O)c1. The second-order valence-corrected chi connectivity index (χ2v) is 8.94. The molecule has 7 nitrogen and oxygen atoms in total. The second-order valence-electron chi connectivity index (χ2n) is 7.93. The number of aliphatic imine (C=N–C) groups is 1. The van der Waals surface area contributed by atoms with Gasteiger partial charge in [0.25, 0.3) is 11.8 Å². The highest BCUT2D eigenvalue weighted by molar-refractivity contribution is 8.18. The minimum absolute atomic E-state index is 0.0291. The van der Waals surface area contributed by atoms with Gasteiger partial charge >= 0.3 is 0 Å². The summed E-state index contributed by atoms with van der Waals surface area (Å²) in [6.07, 6.45) is 2.81. The molecule has 2 heterocycles. The number of carbonyl (C=O) groups is 2. The van der Waals surface area contributed by atoms with Crippen molar-refractivity contribution >= 4 is 40.5 Å². The van der Waals surface area contributed by atoms with Gasteiger partial charge in [-0.2, -0.15) is 0 Å². The highest BCUT2D eigenvalue weighted by atomic mass is 32.2. The highest BCUT2D eigenvalue weighted by Crippen LogP contribution is 2.34. The van der Waals surface area contributed by atoms with E-state index in [-0.39, 0.29) is 11.8 Å². The molecule has 2 aliphatic heterocycles. The number of morpholine rings is 1. The normalized spacial score (nSPS) is 18.7. The van der Waals surface area contributed by atoms with Crippen molar-refractivity contribution < 1.29 is 19.1 Å². The molecule has 8 heteroatoms. The molecule has 2 aromatic carbocycles. The summed E-state index contributed by atoms with van der Waals surface area (Å²) in [5, 5.41) is 0.605. The van der Waals surface area contributed by atoms with E-state index in [4.69, 9.17) is 14.5 Å². The summed E-state index contributed by atoms with van der Waals surface area (Å²) in [6.45, 7) is 7.44. The van der Waals surface area contributed by atoms with Crippen molar-refractivity contribution in [2.45, 2.75) is 20.3 Å². The van der Waals surface area contributed by atoms with E-state index in [0.717, 1.165) is 17.7 Å². The van der Waals surface area contributed by atoms with E-state index >= 15 is 0 Å². The Morgan fingerprint density at radius 1 is 1.15 bits per heavy atom. The van der Waals surface area contributed by atoms with Gasteiger partial charge in [-0.1, -0.05) is 25.1 Å². The van der Waals surface area contributed by atoms with Crippen LogP contribution in [0.1, 0.15) is 36.2 Å². The number of amides is 2. The summed E-state index contributed by atoms with van der Waals surface area (Å²) in [7, 11) is 0. The molecule has 0 atom stereocenters. The Hall–Kier alpha value is -3.10. The first-order valence-electron chi connectivity index (χ1n) is 11.6. The summed E-state index contributed by atoms with van der Waals surface area (Å²) >= 11 is 1.34. The van der Waals surface area contributed by atoms with Crippen LogP contribution in [0, 0.1) is 0 Å². The zero-order valence-electron chi connectivity index (χ0n) is 19.5. The lowest BCUT2D eigenvalue weighted by Gasteiger charge is -2.26. The summed E-state index contributed by atoms with van der Waals surface area (Å²) in [5.74, 6) is 0.680. The lowest BCUT2D eigenvalue weighted by atomic mass is 10.1. The first-order valence-corrected chi connectivity index (χ1v) is 12.4. The zero-order chi connectivity index (χ0) is 23.9. The number of amidine groups is 1. The van der Waals surface area contributed by atoms with Gasteiger partial charge in [-0.15, -0.1) is 0 Å². The lowest BCUT2D eigenvalue weighted by molar-refractivity contribution is -0.122. The standard InChI is InChI=1S/C26H29N3O4S/c1-3-13-33-22-10-5-7-19(16-22)17-23-25(31)29(4-2)26(34-23)27-21-9-6-8-20(18-21)24(30)28-11-14-32-15-12-28/h5-10,16-18H,3-4,11-15H2,1-2H3/b23-17+,27-26?. The van der Waals surface area contributed by atoms with Gasteiger partial charge in [0, 0.05) is 25.2 Å². The molecular formula is C26H29N3O4S. The number of hydrogen-bond acceptors (Lipinski definition) is 6. The smallest absolute Gasteiger partial charge is 0.266 e. The van der Waals surface area contributed by atoms with Crippen LogP contribution in [0.25, 0.3) is 6.08 Å². The van der Waals surface area contributed by atoms with E-state index in [9.17, 15) is 9.59 Å². The molecule has 2 saturated heterocycles. The molecule has 0 saturated carbocycles. The third-order valence-corrected chi connectivity index (χ3v) is 6.46. The maximum absolute atomic E-state index is 13.0. The van der Waals surface area contributed by atoms with Gasteiger partial charge in [-0.05, 0) is 67.1 Å². The van der Waals surface area contributed by atoms with E-state index in [1.165, 1.54) is 11.8 Å². The molecule has 0 aliphatic carbocycles. The van der Waals surface area contributed by atoms with E-state index in [2.05, 4.69) is 6.92 Å². The van der Waals surface area contributed by atoms with Crippen molar-refractivity contribution in [3.05, 3.63) is 64.6 Å². The topological polar surface area (TPSA) is 71.4 Å². The largest absolute Gasteiger partial charge is 0.494 e. The molecule has 2 aliphatic rings. The van der Waals surface area contributed by atoms with Crippen LogP contribution in [-0.2, 0) is 9.53 Å². The predicted molar refractivity (Wildman–Crippen MR) is 135 cm³/mol. The number of likely N-dealkylation sites (N-methyl/N-ethyl adjacent to an activating group) is 1. The molecule has 0 radical (unpaired) electrons. The van der Waals surface area contributed by atoms with Gasteiger partial charge < -0.3 is 14.4 Å². The number of nitrogens with zero attached hydrogens (tertiary/aromatic N) is 3. The van der Waals surface area contributed by atoms with Crippen LogP contribution in [0.5, 0.6) is 5.75 Å². The average Bonchev–Trinajstić information content (AvgIpc) is 3.16. The van der Waals surface area contributed by atoms with Crippen molar-refractivity contribution in [1.82, 2.24) is 9.80 Å². The molecule has 0 aromatic heterocycles. The van der Waals surface area contributed by atoms with Crippen molar-refractivity contribution in [3.8, 4) is 5.75 Å². The molecule has 4 rings (SSSR count). The maximum Gasteiger partial charge on any atom is 0.266 e. The van der Waals surface area contributed by atoms with Crippen molar-refractivity contribution in [1.29, 1.82) is 0 Å². The first-order chi connectivity index (χ1) is 16.6. The Balaban J connectivity index is 1.55. The minimum atomic E-state index is -0.0772. The van der Waals surface area contributed by atoms with Crippen LogP contribution >= 0.6 is 11.8 Å². The molecule has 0 spiro atoms. The van der Waals surface area contributed by atoms with Crippen LogP contribution in [0.15, 0.2) is 58.4 Å². The highest BCUT2D eigenvalue weighted by Gasteiger charge is 2.32. The third kappa shape index (κ3) is 5.69. The number of carbonyl (C=O) groups excluding carboxylic acids is 2. The fourth-order valence-electron chi connectivity index (χ4n) is 3.70. The second kappa shape index (κ2) is 11.4. The summed E-state index contributed by atoms with van der Waals surface area (Å²) < 4.78 is 11.1. The van der Waals surface area contributed by atoms with E-state index in [1.807, 2.05) is 49.4 Å². The molecule has 0 unspecified atom stereocenters. The van der Waals surface area contributed by atoms with Crippen LogP contribution in [0.2, 0.25) is 0 Å². The monoisotopic (exact) mass is 479 g/mol. The quantitative estimate of drug-likeness (QED) is 0.544. The Morgan fingerprint density at radius 3 is 2.71 bits per heavy atom. The number of thioether (sulfide) groups is 1. The number of benzene rings is 2. The molecule has 2 aromatic rings. The Bertz CT molecular complexity index is 1110. The zero-order valence-corrected chi connectivity index (χ0v) is 20.3.